The summed E-state index contributed by atoms with van der Waals surface area (Å²) in [4.78, 5) is 0. The Morgan fingerprint density at radius 1 is 1.11 bits per heavy atom. The Bertz CT molecular complexity index is 575. The molecule has 0 bridgehead atoms. The first kappa shape index (κ1) is 12.7. The van der Waals surface area contributed by atoms with Crippen molar-refractivity contribution in [1.29, 1.82) is 0 Å². The Labute approximate surface area is 109 Å². The molecule has 2 rings (SSSR count). The van der Waals surface area contributed by atoms with Crippen LogP contribution in [-0.2, 0) is 0 Å². The molecule has 1 N–H and O–H groups in total. The van der Waals surface area contributed by atoms with Gasteiger partial charge in [-0.15, -0.1) is 11.8 Å². The topological polar surface area (TPSA) is 12.0 Å². The fourth-order valence-corrected chi connectivity index (χ4v) is 2.07. The van der Waals surface area contributed by atoms with E-state index in [1.807, 2.05) is 6.92 Å². The fourth-order valence-electron chi connectivity index (χ4n) is 2.07. The van der Waals surface area contributed by atoms with E-state index in [0.29, 0.717) is 6.04 Å². The molecule has 92 valence electrons. The monoisotopic (exact) mass is 237 g/mol. The summed E-state index contributed by atoms with van der Waals surface area (Å²) < 4.78 is 0. The number of fused-ring (bicyclic) bond motifs is 1. The van der Waals surface area contributed by atoms with Crippen molar-refractivity contribution in [3.8, 4) is 11.8 Å². The van der Waals surface area contributed by atoms with Gasteiger partial charge in [0.25, 0.3) is 0 Å². The molecule has 0 aliphatic heterocycles. The van der Waals surface area contributed by atoms with Gasteiger partial charge >= 0.3 is 0 Å². The molecular weight excluding hydrogens is 218 g/mol. The van der Waals surface area contributed by atoms with E-state index in [4.69, 9.17) is 0 Å². The molecule has 0 heterocycles. The second kappa shape index (κ2) is 6.23. The van der Waals surface area contributed by atoms with Gasteiger partial charge in [-0.2, -0.15) is 0 Å². The van der Waals surface area contributed by atoms with E-state index >= 15 is 0 Å². The van der Waals surface area contributed by atoms with Crippen LogP contribution in [0.1, 0.15) is 31.9 Å². The minimum atomic E-state index is 0.369. The first-order valence-corrected chi connectivity index (χ1v) is 6.43. The van der Waals surface area contributed by atoms with Crippen molar-refractivity contribution in [2.24, 2.45) is 0 Å². The van der Waals surface area contributed by atoms with E-state index in [9.17, 15) is 0 Å². The van der Waals surface area contributed by atoms with Crippen LogP contribution in [0.5, 0.6) is 0 Å². The number of benzene rings is 2. The lowest BCUT2D eigenvalue weighted by Crippen LogP contribution is -2.19. The summed E-state index contributed by atoms with van der Waals surface area (Å²) in [5, 5.41) is 6.10. The number of hydrogen-bond donors (Lipinski definition) is 1. The molecule has 2 aromatic rings. The lowest BCUT2D eigenvalue weighted by Gasteiger charge is -2.14. The van der Waals surface area contributed by atoms with Crippen LogP contribution in [0.15, 0.2) is 42.5 Å². The maximum absolute atomic E-state index is 3.50. The normalized spacial score (nSPS) is 11.9. The second-order valence-corrected chi connectivity index (χ2v) is 4.46. The highest BCUT2D eigenvalue weighted by Gasteiger charge is 2.04. The van der Waals surface area contributed by atoms with Gasteiger partial charge < -0.3 is 5.32 Å². The third-order valence-electron chi connectivity index (χ3n) is 3.15. The van der Waals surface area contributed by atoms with Gasteiger partial charge in [-0.1, -0.05) is 36.4 Å². The average molecular weight is 237 g/mol. The summed E-state index contributed by atoms with van der Waals surface area (Å²) in [6.07, 6.45) is 0.911. The summed E-state index contributed by atoms with van der Waals surface area (Å²) in [6, 6.07) is 15.5. The van der Waals surface area contributed by atoms with Crippen LogP contribution in [0, 0.1) is 11.8 Å². The first-order chi connectivity index (χ1) is 8.81. The molecule has 0 spiro atoms. The van der Waals surface area contributed by atoms with Crippen molar-refractivity contribution in [3.05, 3.63) is 48.0 Å². The molecule has 0 aliphatic carbocycles. The van der Waals surface area contributed by atoms with Crippen molar-refractivity contribution >= 4 is 10.8 Å². The molecule has 1 heteroatoms. The predicted octanol–water partition coefficient (Wildman–Crippen LogP) is 3.90. The molecule has 0 amide bonds. The van der Waals surface area contributed by atoms with Crippen LogP contribution in [0.3, 0.4) is 0 Å². The van der Waals surface area contributed by atoms with E-state index < -0.39 is 0 Å². The Morgan fingerprint density at radius 2 is 1.89 bits per heavy atom. The fraction of sp³-hybridized carbons (Fsp3) is 0.294. The quantitative estimate of drug-likeness (QED) is 0.628. The molecule has 0 aromatic heterocycles. The molecular formula is C17H19N. The SMILES string of the molecule is CC#CCCNC(C)c1ccc2ccccc2c1. The lowest BCUT2D eigenvalue weighted by atomic mass is 10.0. The summed E-state index contributed by atoms with van der Waals surface area (Å²) in [5.41, 5.74) is 1.33. The molecule has 1 atom stereocenters. The van der Waals surface area contributed by atoms with Crippen LogP contribution < -0.4 is 5.32 Å². The van der Waals surface area contributed by atoms with E-state index in [-0.39, 0.29) is 0 Å². The summed E-state index contributed by atoms with van der Waals surface area (Å²) >= 11 is 0. The van der Waals surface area contributed by atoms with Gasteiger partial charge in [0.05, 0.1) is 0 Å². The Balaban J connectivity index is 2.07. The van der Waals surface area contributed by atoms with E-state index in [1.165, 1.54) is 16.3 Å². The highest BCUT2D eigenvalue weighted by molar-refractivity contribution is 5.83. The van der Waals surface area contributed by atoms with Crippen LogP contribution in [0.25, 0.3) is 10.8 Å². The second-order valence-electron chi connectivity index (χ2n) is 4.46. The van der Waals surface area contributed by atoms with E-state index in [2.05, 4.69) is 66.5 Å². The Morgan fingerprint density at radius 3 is 2.67 bits per heavy atom. The summed E-state index contributed by atoms with van der Waals surface area (Å²) in [7, 11) is 0. The summed E-state index contributed by atoms with van der Waals surface area (Å²) in [5.74, 6) is 5.99. The molecule has 0 saturated heterocycles. The third-order valence-corrected chi connectivity index (χ3v) is 3.15. The van der Waals surface area contributed by atoms with Gasteiger partial charge in [0.1, 0.15) is 0 Å². The van der Waals surface area contributed by atoms with Crippen molar-refractivity contribution < 1.29 is 0 Å². The van der Waals surface area contributed by atoms with Crippen LogP contribution in [0.4, 0.5) is 0 Å². The largest absolute Gasteiger partial charge is 0.309 e. The zero-order chi connectivity index (χ0) is 12.8. The highest BCUT2D eigenvalue weighted by atomic mass is 14.9. The molecule has 0 saturated carbocycles. The maximum Gasteiger partial charge on any atom is 0.0292 e. The minimum Gasteiger partial charge on any atom is -0.309 e. The molecule has 0 fully saturated rings. The van der Waals surface area contributed by atoms with Gasteiger partial charge in [0.2, 0.25) is 0 Å². The highest BCUT2D eigenvalue weighted by Crippen LogP contribution is 2.20. The van der Waals surface area contributed by atoms with Gasteiger partial charge in [0, 0.05) is 19.0 Å². The number of rotatable bonds is 4. The van der Waals surface area contributed by atoms with Crippen molar-refractivity contribution in [3.63, 3.8) is 0 Å². The first-order valence-electron chi connectivity index (χ1n) is 6.43. The van der Waals surface area contributed by atoms with Crippen LogP contribution in [0.2, 0.25) is 0 Å². The zero-order valence-electron chi connectivity index (χ0n) is 11.0. The lowest BCUT2D eigenvalue weighted by molar-refractivity contribution is 0.584. The standard InChI is InChI=1S/C17H19N/c1-3-4-7-12-18-14(2)16-11-10-15-8-5-6-9-17(15)13-16/h5-6,8-11,13-14,18H,7,12H2,1-2H3. The van der Waals surface area contributed by atoms with E-state index in [0.717, 1.165) is 13.0 Å². The molecule has 0 radical (unpaired) electrons. The Hall–Kier alpha value is -1.78. The molecule has 0 aliphatic rings. The molecule has 18 heavy (non-hydrogen) atoms. The summed E-state index contributed by atoms with van der Waals surface area (Å²) in [6.45, 7) is 5.02. The zero-order valence-corrected chi connectivity index (χ0v) is 11.0. The Kier molecular flexibility index (Phi) is 4.39. The molecule has 1 nitrogen and oxygen atoms in total. The van der Waals surface area contributed by atoms with Crippen LogP contribution in [-0.4, -0.2) is 6.54 Å². The third kappa shape index (κ3) is 3.12. The number of hydrogen-bond acceptors (Lipinski definition) is 1. The number of nitrogens with one attached hydrogen (secondary N) is 1. The van der Waals surface area contributed by atoms with Crippen molar-refractivity contribution in [1.82, 2.24) is 5.32 Å². The van der Waals surface area contributed by atoms with Gasteiger partial charge in [-0.3, -0.25) is 0 Å². The van der Waals surface area contributed by atoms with Gasteiger partial charge in [-0.05, 0) is 36.2 Å². The van der Waals surface area contributed by atoms with E-state index in [1.54, 1.807) is 0 Å². The van der Waals surface area contributed by atoms with Crippen LogP contribution >= 0.6 is 0 Å². The molecule has 1 unspecified atom stereocenters. The van der Waals surface area contributed by atoms with Crippen molar-refractivity contribution in [2.45, 2.75) is 26.3 Å². The molecule has 2 aromatic carbocycles. The van der Waals surface area contributed by atoms with Gasteiger partial charge in [0.15, 0.2) is 0 Å². The minimum absolute atomic E-state index is 0.369. The maximum atomic E-state index is 3.50. The smallest absolute Gasteiger partial charge is 0.0292 e. The van der Waals surface area contributed by atoms with Crippen molar-refractivity contribution in [2.75, 3.05) is 6.54 Å². The van der Waals surface area contributed by atoms with Gasteiger partial charge in [-0.25, -0.2) is 0 Å². The average Bonchev–Trinajstić information content (AvgIpc) is 2.43. The predicted molar refractivity (Wildman–Crippen MR) is 78.4 cm³/mol.